The van der Waals surface area contributed by atoms with Crippen molar-refractivity contribution in [2.45, 2.75) is 19.4 Å². The molecule has 0 saturated carbocycles. The first-order valence-corrected chi connectivity index (χ1v) is 13.1. The summed E-state index contributed by atoms with van der Waals surface area (Å²) in [7, 11) is 1.64. The summed E-state index contributed by atoms with van der Waals surface area (Å²) in [6, 6.07) is 18.0. The first kappa shape index (κ1) is 25.2. The number of methoxy groups -OCH3 is 1. The summed E-state index contributed by atoms with van der Waals surface area (Å²) in [5, 5.41) is 4.13. The third-order valence-electron chi connectivity index (χ3n) is 7.27. The zero-order chi connectivity index (χ0) is 25.5. The zero-order valence-electron chi connectivity index (χ0n) is 21.5. The lowest BCUT2D eigenvalue weighted by atomic mass is 9.95. The SMILES string of the molecule is COc1ccc(-c2noc(CN3CCC(C(=O)N4CCN(C/C=C/c5ccccc5)CC4)CC3)n2)cc1. The molecule has 3 heterocycles. The lowest BCUT2D eigenvalue weighted by Crippen LogP contribution is -2.51. The number of carbonyl (C=O) groups is 1. The Bertz CT molecular complexity index is 1160. The Labute approximate surface area is 218 Å². The third-order valence-corrected chi connectivity index (χ3v) is 7.27. The molecule has 194 valence electrons. The highest BCUT2D eigenvalue weighted by atomic mass is 16.5. The minimum Gasteiger partial charge on any atom is -0.497 e. The van der Waals surface area contributed by atoms with Crippen LogP contribution in [0.25, 0.3) is 17.5 Å². The molecule has 8 heteroatoms. The lowest BCUT2D eigenvalue weighted by Gasteiger charge is -2.38. The molecule has 2 saturated heterocycles. The predicted molar refractivity (Wildman–Crippen MR) is 143 cm³/mol. The first-order chi connectivity index (χ1) is 18.2. The molecule has 1 amide bonds. The van der Waals surface area contributed by atoms with Gasteiger partial charge in [0, 0.05) is 44.2 Å². The second kappa shape index (κ2) is 12.2. The van der Waals surface area contributed by atoms with E-state index in [1.54, 1.807) is 7.11 Å². The fraction of sp³-hybridized carbons (Fsp3) is 0.414. The van der Waals surface area contributed by atoms with Crippen molar-refractivity contribution in [2.24, 2.45) is 5.92 Å². The number of nitrogens with zero attached hydrogens (tertiary/aromatic N) is 5. The van der Waals surface area contributed by atoms with E-state index in [4.69, 9.17) is 9.26 Å². The molecule has 2 aliphatic rings. The van der Waals surface area contributed by atoms with E-state index in [1.807, 2.05) is 30.3 Å². The van der Waals surface area contributed by atoms with Crippen LogP contribution in [0.15, 0.2) is 65.2 Å². The van der Waals surface area contributed by atoms with Gasteiger partial charge in [-0.2, -0.15) is 4.98 Å². The molecule has 8 nitrogen and oxygen atoms in total. The molecule has 0 atom stereocenters. The fourth-order valence-electron chi connectivity index (χ4n) is 5.02. The van der Waals surface area contributed by atoms with Crippen molar-refractivity contribution in [2.75, 3.05) is 52.9 Å². The van der Waals surface area contributed by atoms with E-state index in [1.165, 1.54) is 5.56 Å². The number of aromatic nitrogens is 2. The standard InChI is InChI=1S/C29H35N5O3/c1-36-26-11-9-24(10-12-26)28-30-27(37-31-28)22-33-16-13-25(14-17-33)29(35)34-20-18-32(19-21-34)15-5-8-23-6-3-2-4-7-23/h2-12,25H,13-22H2,1H3/b8-5+. The van der Waals surface area contributed by atoms with Crippen LogP contribution in [-0.2, 0) is 11.3 Å². The van der Waals surface area contributed by atoms with Gasteiger partial charge in [0.2, 0.25) is 17.6 Å². The van der Waals surface area contributed by atoms with Crippen LogP contribution in [0.4, 0.5) is 0 Å². The van der Waals surface area contributed by atoms with E-state index in [0.29, 0.717) is 24.2 Å². The number of rotatable bonds is 8. The molecule has 0 aliphatic carbocycles. The van der Waals surface area contributed by atoms with Gasteiger partial charge in [-0.3, -0.25) is 14.6 Å². The average Bonchev–Trinajstić information content (AvgIpc) is 3.42. The second-order valence-electron chi connectivity index (χ2n) is 9.73. The van der Waals surface area contributed by atoms with Gasteiger partial charge in [0.25, 0.3) is 0 Å². The van der Waals surface area contributed by atoms with E-state index in [2.05, 4.69) is 61.3 Å². The Morgan fingerprint density at radius 3 is 2.41 bits per heavy atom. The molecule has 0 bridgehead atoms. The number of benzene rings is 2. The topological polar surface area (TPSA) is 74.9 Å². The van der Waals surface area contributed by atoms with Crippen molar-refractivity contribution >= 4 is 12.0 Å². The summed E-state index contributed by atoms with van der Waals surface area (Å²) in [6.45, 7) is 6.74. The van der Waals surface area contributed by atoms with Gasteiger partial charge in [-0.05, 0) is 55.8 Å². The Morgan fingerprint density at radius 1 is 0.973 bits per heavy atom. The molecule has 1 aromatic heterocycles. The molecule has 0 radical (unpaired) electrons. The molecule has 2 aliphatic heterocycles. The number of hydrogen-bond donors (Lipinski definition) is 0. The summed E-state index contributed by atoms with van der Waals surface area (Å²) >= 11 is 0. The fourth-order valence-corrected chi connectivity index (χ4v) is 5.02. The monoisotopic (exact) mass is 501 g/mol. The number of amides is 1. The van der Waals surface area contributed by atoms with Crippen LogP contribution >= 0.6 is 0 Å². The summed E-state index contributed by atoms with van der Waals surface area (Å²) in [6.07, 6.45) is 6.13. The molecule has 3 aromatic rings. The van der Waals surface area contributed by atoms with Gasteiger partial charge in [-0.25, -0.2) is 0 Å². The molecule has 5 rings (SSSR count). The molecule has 0 N–H and O–H groups in total. The second-order valence-corrected chi connectivity index (χ2v) is 9.73. The van der Waals surface area contributed by atoms with Crippen LogP contribution in [0.5, 0.6) is 5.75 Å². The minimum atomic E-state index is 0.110. The van der Waals surface area contributed by atoms with Crippen molar-refractivity contribution in [3.8, 4) is 17.1 Å². The number of carbonyl (C=O) groups excluding carboxylic acids is 1. The summed E-state index contributed by atoms with van der Waals surface area (Å²) in [5.41, 5.74) is 2.12. The van der Waals surface area contributed by atoms with Crippen LogP contribution in [0.1, 0.15) is 24.3 Å². The van der Waals surface area contributed by atoms with Gasteiger partial charge in [0.15, 0.2) is 0 Å². The molecule has 2 aromatic carbocycles. The van der Waals surface area contributed by atoms with Gasteiger partial charge in [-0.15, -0.1) is 0 Å². The summed E-state index contributed by atoms with van der Waals surface area (Å²) in [5.74, 6) is 2.41. The highest BCUT2D eigenvalue weighted by Crippen LogP contribution is 2.23. The molecule has 0 unspecified atom stereocenters. The third kappa shape index (κ3) is 6.64. The van der Waals surface area contributed by atoms with E-state index in [-0.39, 0.29) is 5.92 Å². The van der Waals surface area contributed by atoms with Crippen molar-refractivity contribution in [3.05, 3.63) is 72.1 Å². The zero-order valence-corrected chi connectivity index (χ0v) is 21.5. The lowest BCUT2D eigenvalue weighted by molar-refractivity contribution is -0.138. The summed E-state index contributed by atoms with van der Waals surface area (Å²) in [4.78, 5) is 24.5. The van der Waals surface area contributed by atoms with E-state index in [0.717, 1.165) is 70.0 Å². The van der Waals surface area contributed by atoms with Crippen LogP contribution in [-0.4, -0.2) is 83.7 Å². The van der Waals surface area contributed by atoms with Crippen LogP contribution in [0.2, 0.25) is 0 Å². The molecule has 37 heavy (non-hydrogen) atoms. The Hall–Kier alpha value is -3.49. The Kier molecular flexibility index (Phi) is 8.28. The highest BCUT2D eigenvalue weighted by Gasteiger charge is 2.30. The van der Waals surface area contributed by atoms with E-state index < -0.39 is 0 Å². The van der Waals surface area contributed by atoms with Gasteiger partial charge in [0.1, 0.15) is 5.75 Å². The largest absolute Gasteiger partial charge is 0.497 e. The Balaban J connectivity index is 1.03. The van der Waals surface area contributed by atoms with Gasteiger partial charge in [-0.1, -0.05) is 47.6 Å². The molecular weight excluding hydrogens is 466 g/mol. The first-order valence-electron chi connectivity index (χ1n) is 13.1. The number of likely N-dealkylation sites (tertiary alicyclic amines) is 1. The quantitative estimate of drug-likeness (QED) is 0.465. The predicted octanol–water partition coefficient (Wildman–Crippen LogP) is 3.81. The van der Waals surface area contributed by atoms with Crippen LogP contribution in [0.3, 0.4) is 0 Å². The minimum absolute atomic E-state index is 0.110. The summed E-state index contributed by atoms with van der Waals surface area (Å²) < 4.78 is 10.7. The van der Waals surface area contributed by atoms with Gasteiger partial charge >= 0.3 is 0 Å². The maximum atomic E-state index is 13.2. The molecule has 2 fully saturated rings. The van der Waals surface area contributed by atoms with E-state index in [9.17, 15) is 4.79 Å². The average molecular weight is 502 g/mol. The van der Waals surface area contributed by atoms with Crippen molar-refractivity contribution in [1.29, 1.82) is 0 Å². The molecule has 0 spiro atoms. The van der Waals surface area contributed by atoms with Gasteiger partial charge < -0.3 is 14.2 Å². The number of piperazine rings is 1. The van der Waals surface area contributed by atoms with Crippen LogP contribution in [0, 0.1) is 5.92 Å². The highest BCUT2D eigenvalue weighted by molar-refractivity contribution is 5.79. The van der Waals surface area contributed by atoms with E-state index >= 15 is 0 Å². The normalized spacial score (nSPS) is 17.9. The Morgan fingerprint density at radius 2 is 1.70 bits per heavy atom. The molecular formula is C29H35N5O3. The maximum absolute atomic E-state index is 13.2. The van der Waals surface area contributed by atoms with Crippen LogP contribution < -0.4 is 4.74 Å². The maximum Gasteiger partial charge on any atom is 0.241 e. The van der Waals surface area contributed by atoms with Crippen molar-refractivity contribution < 1.29 is 14.1 Å². The van der Waals surface area contributed by atoms with Crippen molar-refractivity contribution in [3.63, 3.8) is 0 Å². The van der Waals surface area contributed by atoms with Crippen molar-refractivity contribution in [1.82, 2.24) is 24.8 Å². The number of piperidine rings is 1. The van der Waals surface area contributed by atoms with Gasteiger partial charge in [0.05, 0.1) is 13.7 Å². The number of hydrogen-bond acceptors (Lipinski definition) is 7. The smallest absolute Gasteiger partial charge is 0.241 e. The number of ether oxygens (including phenoxy) is 1.